The van der Waals surface area contributed by atoms with Crippen molar-refractivity contribution in [1.82, 2.24) is 10.2 Å². The third-order valence-electron chi connectivity index (χ3n) is 3.25. The monoisotopic (exact) mass is 250 g/mol. The molecule has 0 unspecified atom stereocenters. The Hall–Kier alpha value is -1.42. The quantitative estimate of drug-likeness (QED) is 0.860. The number of carbonyl (C=O) groups is 1. The fraction of sp³-hybridized carbons (Fsp3) is 0.500. The van der Waals surface area contributed by atoms with Crippen molar-refractivity contribution in [2.75, 3.05) is 19.6 Å². The van der Waals surface area contributed by atoms with Crippen molar-refractivity contribution in [3.05, 3.63) is 35.6 Å². The molecule has 2 rings (SSSR count). The van der Waals surface area contributed by atoms with Gasteiger partial charge in [0.2, 0.25) is 5.91 Å². The topological polar surface area (TPSA) is 32.3 Å². The minimum Gasteiger partial charge on any atom is -0.337 e. The summed E-state index contributed by atoms with van der Waals surface area (Å²) in [6.45, 7) is 4.64. The van der Waals surface area contributed by atoms with Gasteiger partial charge in [-0.05, 0) is 24.1 Å². The Labute approximate surface area is 107 Å². The molecule has 0 bridgehead atoms. The van der Waals surface area contributed by atoms with Crippen LogP contribution in [0.5, 0.6) is 0 Å². The zero-order valence-electron chi connectivity index (χ0n) is 10.7. The highest BCUT2D eigenvalue weighted by atomic mass is 19.1. The van der Waals surface area contributed by atoms with Gasteiger partial charge in [0.25, 0.3) is 0 Å². The van der Waals surface area contributed by atoms with Crippen molar-refractivity contribution in [2.24, 2.45) is 0 Å². The van der Waals surface area contributed by atoms with Crippen molar-refractivity contribution in [2.45, 2.75) is 25.8 Å². The second kappa shape index (κ2) is 5.96. The predicted octanol–water partition coefficient (Wildman–Crippen LogP) is 1.58. The minimum absolute atomic E-state index is 0.134. The third-order valence-corrected chi connectivity index (χ3v) is 3.25. The Morgan fingerprint density at radius 3 is 2.56 bits per heavy atom. The lowest BCUT2D eigenvalue weighted by atomic mass is 10.1. The number of nitrogens with one attached hydrogen (secondary N) is 1. The van der Waals surface area contributed by atoms with Gasteiger partial charge in [0, 0.05) is 19.6 Å². The second-order valence-electron chi connectivity index (χ2n) is 4.70. The number of halogens is 1. The summed E-state index contributed by atoms with van der Waals surface area (Å²) >= 11 is 0. The van der Waals surface area contributed by atoms with E-state index in [9.17, 15) is 9.18 Å². The molecule has 18 heavy (non-hydrogen) atoms. The van der Waals surface area contributed by atoms with Gasteiger partial charge >= 0.3 is 0 Å². The first kappa shape index (κ1) is 13.0. The summed E-state index contributed by atoms with van der Waals surface area (Å²) < 4.78 is 12.8. The first-order chi connectivity index (χ1) is 8.70. The van der Waals surface area contributed by atoms with E-state index in [0.29, 0.717) is 12.5 Å². The number of rotatable bonds is 5. The molecule has 0 aromatic heterocycles. The molecule has 0 aliphatic carbocycles. The van der Waals surface area contributed by atoms with Crippen LogP contribution in [0.15, 0.2) is 24.3 Å². The normalized spacial score (nSPS) is 15.2. The van der Waals surface area contributed by atoms with E-state index in [1.165, 1.54) is 12.1 Å². The van der Waals surface area contributed by atoms with E-state index < -0.39 is 0 Å². The SMILES string of the molecule is CCCN(C(=O)Cc1ccc(F)cc1)C1CNC1. The molecule has 0 radical (unpaired) electrons. The largest absolute Gasteiger partial charge is 0.337 e. The zero-order valence-corrected chi connectivity index (χ0v) is 10.7. The molecule has 98 valence electrons. The van der Waals surface area contributed by atoms with Crippen LogP contribution in [-0.4, -0.2) is 36.5 Å². The molecule has 1 heterocycles. The lowest BCUT2D eigenvalue weighted by Crippen LogP contribution is -2.59. The molecular formula is C14H19FN2O. The number of hydrogen-bond acceptors (Lipinski definition) is 2. The number of amides is 1. The zero-order chi connectivity index (χ0) is 13.0. The molecule has 1 N–H and O–H groups in total. The number of carbonyl (C=O) groups excluding carboxylic acids is 1. The lowest BCUT2D eigenvalue weighted by Gasteiger charge is -2.38. The molecule has 0 atom stereocenters. The summed E-state index contributed by atoms with van der Waals surface area (Å²) in [7, 11) is 0. The molecule has 1 fully saturated rings. The lowest BCUT2D eigenvalue weighted by molar-refractivity contribution is -0.133. The van der Waals surface area contributed by atoms with E-state index >= 15 is 0 Å². The summed E-state index contributed by atoms with van der Waals surface area (Å²) in [4.78, 5) is 14.2. The Morgan fingerprint density at radius 2 is 2.06 bits per heavy atom. The summed E-state index contributed by atoms with van der Waals surface area (Å²) in [5, 5.41) is 3.18. The van der Waals surface area contributed by atoms with Crippen LogP contribution in [-0.2, 0) is 11.2 Å². The molecule has 1 aliphatic heterocycles. The smallest absolute Gasteiger partial charge is 0.227 e. The van der Waals surface area contributed by atoms with Crippen LogP contribution in [0.1, 0.15) is 18.9 Å². The van der Waals surface area contributed by atoms with E-state index in [2.05, 4.69) is 12.2 Å². The van der Waals surface area contributed by atoms with E-state index in [1.54, 1.807) is 12.1 Å². The van der Waals surface area contributed by atoms with Gasteiger partial charge in [-0.15, -0.1) is 0 Å². The van der Waals surface area contributed by atoms with Crippen LogP contribution in [0.3, 0.4) is 0 Å². The molecule has 3 nitrogen and oxygen atoms in total. The number of nitrogens with zero attached hydrogens (tertiary/aromatic N) is 1. The molecule has 0 spiro atoms. The van der Waals surface area contributed by atoms with E-state index in [1.807, 2.05) is 4.90 Å². The molecule has 1 aromatic rings. The van der Waals surface area contributed by atoms with Crippen LogP contribution in [0.25, 0.3) is 0 Å². The van der Waals surface area contributed by atoms with Crippen LogP contribution in [0, 0.1) is 5.82 Å². The van der Waals surface area contributed by atoms with Crippen molar-refractivity contribution < 1.29 is 9.18 Å². The number of benzene rings is 1. The minimum atomic E-state index is -0.264. The van der Waals surface area contributed by atoms with Crippen LogP contribution < -0.4 is 5.32 Å². The van der Waals surface area contributed by atoms with Gasteiger partial charge < -0.3 is 10.2 Å². The first-order valence-electron chi connectivity index (χ1n) is 6.45. The van der Waals surface area contributed by atoms with Crippen molar-refractivity contribution >= 4 is 5.91 Å². The molecule has 0 saturated carbocycles. The van der Waals surface area contributed by atoms with Crippen molar-refractivity contribution in [3.63, 3.8) is 0 Å². The summed E-state index contributed by atoms with van der Waals surface area (Å²) in [6, 6.07) is 6.49. The Kier molecular flexibility index (Phi) is 4.31. The molecule has 1 amide bonds. The Balaban J connectivity index is 1.97. The van der Waals surface area contributed by atoms with Gasteiger partial charge in [0.15, 0.2) is 0 Å². The fourth-order valence-electron chi connectivity index (χ4n) is 2.12. The predicted molar refractivity (Wildman–Crippen MR) is 68.8 cm³/mol. The van der Waals surface area contributed by atoms with Crippen LogP contribution in [0.2, 0.25) is 0 Å². The molecule has 1 aliphatic rings. The van der Waals surface area contributed by atoms with Crippen LogP contribution >= 0.6 is 0 Å². The summed E-state index contributed by atoms with van der Waals surface area (Å²) in [5.41, 5.74) is 0.870. The van der Waals surface area contributed by atoms with Gasteiger partial charge in [-0.2, -0.15) is 0 Å². The summed E-state index contributed by atoms with van der Waals surface area (Å²) in [6.07, 6.45) is 1.32. The van der Waals surface area contributed by atoms with Crippen molar-refractivity contribution in [1.29, 1.82) is 0 Å². The van der Waals surface area contributed by atoms with Gasteiger partial charge in [-0.25, -0.2) is 4.39 Å². The Bertz CT molecular complexity index is 401. The van der Waals surface area contributed by atoms with E-state index in [-0.39, 0.29) is 11.7 Å². The third kappa shape index (κ3) is 3.07. The Morgan fingerprint density at radius 1 is 1.39 bits per heavy atom. The fourth-order valence-corrected chi connectivity index (χ4v) is 2.12. The van der Waals surface area contributed by atoms with Gasteiger partial charge in [0.1, 0.15) is 5.82 Å². The van der Waals surface area contributed by atoms with Gasteiger partial charge in [-0.3, -0.25) is 4.79 Å². The molecule has 4 heteroatoms. The highest BCUT2D eigenvalue weighted by Gasteiger charge is 2.27. The average molecular weight is 250 g/mol. The maximum absolute atomic E-state index is 12.8. The highest BCUT2D eigenvalue weighted by molar-refractivity contribution is 5.79. The first-order valence-corrected chi connectivity index (χ1v) is 6.45. The second-order valence-corrected chi connectivity index (χ2v) is 4.70. The standard InChI is InChI=1S/C14H19FN2O/c1-2-7-17(13-9-16-10-13)14(18)8-11-3-5-12(15)6-4-11/h3-6,13,16H,2,7-10H2,1H3. The van der Waals surface area contributed by atoms with E-state index in [4.69, 9.17) is 0 Å². The van der Waals surface area contributed by atoms with Gasteiger partial charge in [0.05, 0.1) is 12.5 Å². The molecule has 1 saturated heterocycles. The molecule has 1 aromatic carbocycles. The van der Waals surface area contributed by atoms with Gasteiger partial charge in [-0.1, -0.05) is 19.1 Å². The average Bonchev–Trinajstić information content (AvgIpc) is 2.29. The maximum atomic E-state index is 12.8. The van der Waals surface area contributed by atoms with E-state index in [0.717, 1.165) is 31.6 Å². The highest BCUT2D eigenvalue weighted by Crippen LogP contribution is 2.11. The number of hydrogen-bond donors (Lipinski definition) is 1. The van der Waals surface area contributed by atoms with Crippen molar-refractivity contribution in [3.8, 4) is 0 Å². The van der Waals surface area contributed by atoms with Crippen LogP contribution in [0.4, 0.5) is 4.39 Å². The maximum Gasteiger partial charge on any atom is 0.227 e. The molecular weight excluding hydrogens is 231 g/mol. The summed E-state index contributed by atoms with van der Waals surface area (Å²) in [5.74, 6) is -0.130.